The molecule has 0 spiro atoms. The molecule has 0 radical (unpaired) electrons. The highest BCUT2D eigenvalue weighted by Crippen LogP contribution is 2.31. The van der Waals surface area contributed by atoms with Crippen LogP contribution < -0.4 is 0 Å². The number of hydrogen-bond acceptors (Lipinski definition) is 2. The lowest BCUT2D eigenvalue weighted by Gasteiger charge is -2.10. The Labute approximate surface area is 89.4 Å². The van der Waals surface area contributed by atoms with Crippen LogP contribution in [0.1, 0.15) is 18.1 Å². The molecule has 0 aliphatic carbocycles. The highest BCUT2D eigenvalue weighted by Gasteiger charge is 2.34. The Bertz CT molecular complexity index is 400. The molecule has 1 rings (SSSR count). The zero-order valence-corrected chi connectivity index (χ0v) is 8.36. The van der Waals surface area contributed by atoms with E-state index in [1.54, 1.807) is 6.92 Å². The van der Waals surface area contributed by atoms with Gasteiger partial charge in [0.25, 0.3) is 0 Å². The summed E-state index contributed by atoms with van der Waals surface area (Å²) in [6, 6.07) is 2.31. The minimum absolute atomic E-state index is 0.101. The number of rotatable bonds is 2. The van der Waals surface area contributed by atoms with Gasteiger partial charge in [0.15, 0.2) is 0 Å². The molecule has 0 atom stereocenters. The van der Waals surface area contributed by atoms with Gasteiger partial charge in [-0.05, 0) is 25.1 Å². The fraction of sp³-hybridized carbons (Fsp3) is 0.300. The number of ether oxygens (including phenoxy) is 1. The van der Waals surface area contributed by atoms with Gasteiger partial charge in [-0.25, -0.2) is 4.39 Å². The molecule has 6 heteroatoms. The maximum atomic E-state index is 12.9. The van der Waals surface area contributed by atoms with Crippen LogP contribution in [0.2, 0.25) is 0 Å². The first-order valence-corrected chi connectivity index (χ1v) is 4.44. The lowest BCUT2D eigenvalue weighted by molar-refractivity contribution is -0.140. The molecular weight excluding hydrogens is 226 g/mol. The van der Waals surface area contributed by atoms with Crippen molar-refractivity contribution in [1.82, 2.24) is 0 Å². The van der Waals surface area contributed by atoms with Gasteiger partial charge in [0, 0.05) is 5.56 Å². The Morgan fingerprint density at radius 2 is 2.00 bits per heavy atom. The summed E-state index contributed by atoms with van der Waals surface area (Å²) >= 11 is 0. The minimum Gasteiger partial charge on any atom is -0.478 e. The lowest BCUT2D eigenvalue weighted by atomic mass is 10.1. The standard InChI is InChI=1S/C10H9F4NO/c1-2-16-9(15)6-3-4-8(11)7(5-6)10(12,13)14/h3-5,15H,2H2,1H3. The fourth-order valence-corrected chi connectivity index (χ4v) is 1.11. The van der Waals surface area contributed by atoms with E-state index in [1.807, 2.05) is 0 Å². The summed E-state index contributed by atoms with van der Waals surface area (Å²) in [6.07, 6.45) is -4.77. The Balaban J connectivity index is 3.13. The summed E-state index contributed by atoms with van der Waals surface area (Å²) in [4.78, 5) is 0. The quantitative estimate of drug-likeness (QED) is 0.476. The predicted octanol–water partition coefficient (Wildman–Crippen LogP) is 3.21. The molecular formula is C10H9F4NO. The van der Waals surface area contributed by atoms with Crippen LogP contribution in [-0.2, 0) is 10.9 Å². The second-order valence-electron chi connectivity index (χ2n) is 2.95. The van der Waals surface area contributed by atoms with Crippen LogP contribution in [0.3, 0.4) is 0 Å². The highest BCUT2D eigenvalue weighted by atomic mass is 19.4. The van der Waals surface area contributed by atoms with Crippen LogP contribution in [0.5, 0.6) is 0 Å². The maximum Gasteiger partial charge on any atom is 0.419 e. The van der Waals surface area contributed by atoms with Gasteiger partial charge in [0.1, 0.15) is 5.82 Å². The molecule has 2 nitrogen and oxygen atoms in total. The number of hydrogen-bond donors (Lipinski definition) is 1. The van der Waals surface area contributed by atoms with Crippen molar-refractivity contribution < 1.29 is 22.3 Å². The molecule has 0 bridgehead atoms. The first-order valence-electron chi connectivity index (χ1n) is 4.44. The Morgan fingerprint density at radius 1 is 1.38 bits per heavy atom. The molecule has 1 aromatic carbocycles. The summed E-state index contributed by atoms with van der Waals surface area (Å²) < 4.78 is 54.6. The molecule has 0 aliphatic heterocycles. The van der Waals surface area contributed by atoms with Crippen LogP contribution in [0.25, 0.3) is 0 Å². The molecule has 1 aromatic rings. The van der Waals surface area contributed by atoms with E-state index in [9.17, 15) is 17.6 Å². The topological polar surface area (TPSA) is 33.1 Å². The molecule has 0 heterocycles. The number of halogens is 4. The van der Waals surface area contributed by atoms with Gasteiger partial charge in [-0.15, -0.1) is 0 Å². The molecule has 0 amide bonds. The van der Waals surface area contributed by atoms with Crippen molar-refractivity contribution in [2.24, 2.45) is 0 Å². The summed E-state index contributed by atoms with van der Waals surface area (Å²) in [5.41, 5.74) is -1.50. The van der Waals surface area contributed by atoms with Gasteiger partial charge in [-0.2, -0.15) is 13.2 Å². The van der Waals surface area contributed by atoms with Gasteiger partial charge in [-0.1, -0.05) is 0 Å². The fourth-order valence-electron chi connectivity index (χ4n) is 1.11. The number of alkyl halides is 3. The van der Waals surface area contributed by atoms with Crippen LogP contribution in [-0.4, -0.2) is 12.5 Å². The molecule has 0 aromatic heterocycles. The van der Waals surface area contributed by atoms with Crippen molar-refractivity contribution in [3.8, 4) is 0 Å². The van der Waals surface area contributed by atoms with Gasteiger partial charge in [0.05, 0.1) is 12.2 Å². The zero-order chi connectivity index (χ0) is 12.3. The van der Waals surface area contributed by atoms with E-state index in [1.165, 1.54) is 0 Å². The second kappa shape index (κ2) is 4.51. The van der Waals surface area contributed by atoms with Crippen LogP contribution in [0, 0.1) is 11.2 Å². The van der Waals surface area contributed by atoms with Gasteiger partial charge < -0.3 is 4.74 Å². The highest BCUT2D eigenvalue weighted by molar-refractivity contribution is 5.91. The second-order valence-corrected chi connectivity index (χ2v) is 2.95. The SMILES string of the molecule is CCOC(=N)c1ccc(F)c(C(F)(F)F)c1. The van der Waals surface area contributed by atoms with Crippen molar-refractivity contribution >= 4 is 5.90 Å². The predicted molar refractivity (Wildman–Crippen MR) is 49.9 cm³/mol. The van der Waals surface area contributed by atoms with E-state index >= 15 is 0 Å². The Morgan fingerprint density at radius 3 is 2.50 bits per heavy atom. The molecule has 0 saturated carbocycles. The third kappa shape index (κ3) is 2.71. The number of benzene rings is 1. The average molecular weight is 235 g/mol. The Kier molecular flexibility index (Phi) is 3.51. The summed E-state index contributed by atoms with van der Waals surface area (Å²) in [5.74, 6) is -1.77. The Hall–Kier alpha value is -1.59. The maximum absolute atomic E-state index is 12.9. The molecule has 16 heavy (non-hydrogen) atoms. The largest absolute Gasteiger partial charge is 0.478 e. The molecule has 0 saturated heterocycles. The summed E-state index contributed by atoms with van der Waals surface area (Å²) in [5, 5.41) is 7.29. The van der Waals surface area contributed by atoms with Crippen molar-refractivity contribution in [2.45, 2.75) is 13.1 Å². The van der Waals surface area contributed by atoms with Crippen molar-refractivity contribution in [2.75, 3.05) is 6.61 Å². The minimum atomic E-state index is -4.77. The lowest BCUT2D eigenvalue weighted by Crippen LogP contribution is -2.11. The normalized spacial score (nSPS) is 11.3. The third-order valence-corrected chi connectivity index (χ3v) is 1.82. The molecule has 1 N–H and O–H groups in total. The van der Waals surface area contributed by atoms with Gasteiger partial charge >= 0.3 is 6.18 Å². The molecule has 0 fully saturated rings. The zero-order valence-electron chi connectivity index (χ0n) is 8.36. The monoisotopic (exact) mass is 235 g/mol. The molecule has 88 valence electrons. The van der Waals surface area contributed by atoms with E-state index in [4.69, 9.17) is 10.1 Å². The molecule has 0 aliphatic rings. The van der Waals surface area contributed by atoms with E-state index in [-0.39, 0.29) is 12.2 Å². The van der Waals surface area contributed by atoms with E-state index < -0.39 is 23.5 Å². The van der Waals surface area contributed by atoms with E-state index in [0.717, 1.165) is 6.07 Å². The van der Waals surface area contributed by atoms with Gasteiger partial charge in [0.2, 0.25) is 5.90 Å². The first-order chi connectivity index (χ1) is 7.36. The van der Waals surface area contributed by atoms with Crippen LogP contribution in [0.15, 0.2) is 18.2 Å². The van der Waals surface area contributed by atoms with Crippen LogP contribution >= 0.6 is 0 Å². The summed E-state index contributed by atoms with van der Waals surface area (Å²) in [6.45, 7) is 1.76. The van der Waals surface area contributed by atoms with Crippen molar-refractivity contribution in [3.05, 3.63) is 35.1 Å². The smallest absolute Gasteiger partial charge is 0.419 e. The average Bonchev–Trinajstić information content (AvgIpc) is 2.16. The van der Waals surface area contributed by atoms with Crippen molar-refractivity contribution in [3.63, 3.8) is 0 Å². The number of nitrogens with one attached hydrogen (secondary N) is 1. The third-order valence-electron chi connectivity index (χ3n) is 1.82. The van der Waals surface area contributed by atoms with E-state index in [2.05, 4.69) is 0 Å². The van der Waals surface area contributed by atoms with Crippen LogP contribution in [0.4, 0.5) is 17.6 Å². The molecule has 0 unspecified atom stereocenters. The van der Waals surface area contributed by atoms with Crippen molar-refractivity contribution in [1.29, 1.82) is 5.41 Å². The van der Waals surface area contributed by atoms with Gasteiger partial charge in [-0.3, -0.25) is 5.41 Å². The first kappa shape index (κ1) is 12.5. The summed E-state index contributed by atoms with van der Waals surface area (Å²) in [7, 11) is 0. The van der Waals surface area contributed by atoms with E-state index in [0.29, 0.717) is 12.1 Å².